The molecule has 0 saturated heterocycles. The molecular formula is C9H16N2O4S3. The number of hydrogen-bond acceptors (Lipinski definition) is 7. The normalized spacial score (nSPS) is 14.6. The second kappa shape index (κ2) is 5.64. The molecule has 0 saturated carbocycles. The molecule has 0 radical (unpaired) electrons. The van der Waals surface area contributed by atoms with Gasteiger partial charge in [-0.1, -0.05) is 0 Å². The van der Waals surface area contributed by atoms with E-state index >= 15 is 0 Å². The molecular weight excluding hydrogens is 296 g/mol. The summed E-state index contributed by atoms with van der Waals surface area (Å²) in [5.41, 5.74) is 6.35. The fourth-order valence-electron chi connectivity index (χ4n) is 1.27. The van der Waals surface area contributed by atoms with Crippen molar-refractivity contribution in [2.75, 3.05) is 18.3 Å². The van der Waals surface area contributed by atoms with Gasteiger partial charge in [-0.25, -0.2) is 21.8 Å². The molecule has 0 spiro atoms. The van der Waals surface area contributed by atoms with Crippen molar-refractivity contribution in [2.45, 2.75) is 18.2 Å². The number of nitrogens with zero attached hydrogens (tertiary/aromatic N) is 1. The number of aromatic nitrogens is 1. The molecule has 0 aliphatic rings. The van der Waals surface area contributed by atoms with Gasteiger partial charge in [0, 0.05) is 23.9 Å². The van der Waals surface area contributed by atoms with Crippen LogP contribution in [0.25, 0.3) is 0 Å². The summed E-state index contributed by atoms with van der Waals surface area (Å²) in [7, 11) is -6.16. The predicted octanol–water partition coefficient (Wildman–Crippen LogP) is 0.122. The molecule has 1 aromatic heterocycles. The smallest absolute Gasteiger partial charge is 0.153 e. The van der Waals surface area contributed by atoms with Gasteiger partial charge in [0.25, 0.3) is 0 Å². The zero-order valence-electron chi connectivity index (χ0n) is 10.2. The molecule has 0 bridgehead atoms. The van der Waals surface area contributed by atoms with Crippen molar-refractivity contribution >= 4 is 31.0 Å². The minimum atomic E-state index is -3.11. The van der Waals surface area contributed by atoms with E-state index in [1.54, 1.807) is 5.38 Å². The van der Waals surface area contributed by atoms with E-state index in [2.05, 4.69) is 4.98 Å². The molecule has 104 valence electrons. The van der Waals surface area contributed by atoms with E-state index in [1.165, 1.54) is 11.3 Å². The highest BCUT2D eigenvalue weighted by molar-refractivity contribution is 7.90. The Hall–Kier alpha value is -0.510. The van der Waals surface area contributed by atoms with E-state index in [9.17, 15) is 16.8 Å². The van der Waals surface area contributed by atoms with Crippen LogP contribution in [0, 0.1) is 0 Å². The minimum absolute atomic E-state index is 0.00684. The monoisotopic (exact) mass is 312 g/mol. The summed E-state index contributed by atoms with van der Waals surface area (Å²) in [6, 6.07) is -0.482. The van der Waals surface area contributed by atoms with Gasteiger partial charge in [0.05, 0.1) is 11.4 Å². The van der Waals surface area contributed by atoms with Crippen molar-refractivity contribution in [1.82, 2.24) is 4.98 Å². The Kier molecular flexibility index (Phi) is 4.87. The highest BCUT2D eigenvalue weighted by Gasteiger charge is 2.15. The number of thiazole rings is 1. The predicted molar refractivity (Wildman–Crippen MR) is 71.9 cm³/mol. The van der Waals surface area contributed by atoms with E-state index in [-0.39, 0.29) is 17.9 Å². The second-order valence-electron chi connectivity index (χ2n) is 4.26. The first-order valence-electron chi connectivity index (χ1n) is 5.12. The average Bonchev–Trinajstić information content (AvgIpc) is 2.58. The Morgan fingerprint density at radius 2 is 1.89 bits per heavy atom. The first kappa shape index (κ1) is 15.5. The van der Waals surface area contributed by atoms with Crippen molar-refractivity contribution in [3.8, 4) is 0 Å². The topological polar surface area (TPSA) is 107 Å². The molecule has 0 aliphatic carbocycles. The van der Waals surface area contributed by atoms with E-state index in [0.717, 1.165) is 12.5 Å². The van der Waals surface area contributed by atoms with Gasteiger partial charge in [-0.05, 0) is 6.42 Å². The summed E-state index contributed by atoms with van der Waals surface area (Å²) >= 11 is 1.22. The molecule has 9 heteroatoms. The maximum Gasteiger partial charge on any atom is 0.153 e. The van der Waals surface area contributed by atoms with Crippen LogP contribution in [0.4, 0.5) is 0 Å². The standard InChI is InChI=1S/C9H16N2O4S3/c1-17(12,13)4-3-7(10)8-5-16-9(11-8)6-18(2,14)15/h5,7H,3-4,6,10H2,1-2H3. The van der Waals surface area contributed by atoms with Gasteiger partial charge in [0.1, 0.15) is 20.6 Å². The summed E-state index contributed by atoms with van der Waals surface area (Å²) in [5, 5.41) is 2.15. The number of sulfone groups is 2. The molecule has 0 fully saturated rings. The lowest BCUT2D eigenvalue weighted by molar-refractivity contribution is 0.590. The average molecular weight is 312 g/mol. The Bertz CT molecular complexity index is 604. The van der Waals surface area contributed by atoms with Gasteiger partial charge in [-0.3, -0.25) is 0 Å². The highest BCUT2D eigenvalue weighted by Crippen LogP contribution is 2.19. The highest BCUT2D eigenvalue weighted by atomic mass is 32.2. The zero-order chi connectivity index (χ0) is 14.0. The van der Waals surface area contributed by atoms with Crippen molar-refractivity contribution < 1.29 is 16.8 Å². The summed E-state index contributed by atoms with van der Waals surface area (Å²) < 4.78 is 44.2. The Balaban J connectivity index is 2.68. The second-order valence-corrected chi connectivity index (χ2v) is 9.60. The molecule has 6 nitrogen and oxygen atoms in total. The van der Waals surface area contributed by atoms with Crippen LogP contribution in [0.15, 0.2) is 5.38 Å². The molecule has 0 aliphatic heterocycles. The Morgan fingerprint density at radius 1 is 1.28 bits per heavy atom. The molecule has 1 atom stereocenters. The minimum Gasteiger partial charge on any atom is -0.323 e. The van der Waals surface area contributed by atoms with Crippen LogP contribution in [-0.2, 0) is 25.4 Å². The van der Waals surface area contributed by atoms with Gasteiger partial charge in [-0.15, -0.1) is 11.3 Å². The third kappa shape index (κ3) is 5.89. The summed E-state index contributed by atoms with van der Waals surface area (Å²) in [4.78, 5) is 4.12. The summed E-state index contributed by atoms with van der Waals surface area (Å²) in [5.74, 6) is -0.121. The molecule has 1 heterocycles. The SMILES string of the molecule is CS(=O)(=O)CCC(N)c1csc(CS(C)(=O)=O)n1. The van der Waals surface area contributed by atoms with Crippen LogP contribution >= 0.6 is 11.3 Å². The van der Waals surface area contributed by atoms with Crippen molar-refractivity contribution in [3.05, 3.63) is 16.1 Å². The van der Waals surface area contributed by atoms with Crippen molar-refractivity contribution in [3.63, 3.8) is 0 Å². The fourth-order valence-corrected chi connectivity index (χ4v) is 4.03. The fraction of sp³-hybridized carbons (Fsp3) is 0.667. The van der Waals surface area contributed by atoms with Gasteiger partial charge < -0.3 is 5.73 Å². The van der Waals surface area contributed by atoms with E-state index in [4.69, 9.17) is 5.73 Å². The molecule has 0 aromatic carbocycles. The van der Waals surface area contributed by atoms with Crippen LogP contribution in [-0.4, -0.2) is 40.1 Å². The van der Waals surface area contributed by atoms with Crippen LogP contribution in [0.5, 0.6) is 0 Å². The maximum absolute atomic E-state index is 11.1. The molecule has 1 unspecified atom stereocenters. The van der Waals surface area contributed by atoms with Gasteiger partial charge in [-0.2, -0.15) is 0 Å². The lowest BCUT2D eigenvalue weighted by atomic mass is 10.2. The lowest BCUT2D eigenvalue weighted by Gasteiger charge is -2.07. The third-order valence-electron chi connectivity index (χ3n) is 2.13. The number of hydrogen-bond donors (Lipinski definition) is 1. The van der Waals surface area contributed by atoms with Crippen molar-refractivity contribution in [2.24, 2.45) is 5.73 Å². The molecule has 2 N–H and O–H groups in total. The molecule has 1 aromatic rings. The third-order valence-corrected chi connectivity index (χ3v) is 4.96. The van der Waals surface area contributed by atoms with Gasteiger partial charge >= 0.3 is 0 Å². The first-order valence-corrected chi connectivity index (χ1v) is 10.1. The lowest BCUT2D eigenvalue weighted by Crippen LogP contribution is -2.16. The van der Waals surface area contributed by atoms with Crippen molar-refractivity contribution in [1.29, 1.82) is 0 Å². The van der Waals surface area contributed by atoms with E-state index < -0.39 is 25.7 Å². The zero-order valence-corrected chi connectivity index (χ0v) is 12.6. The van der Waals surface area contributed by atoms with Gasteiger partial charge in [0.15, 0.2) is 9.84 Å². The Labute approximate surface area is 111 Å². The van der Waals surface area contributed by atoms with E-state index in [0.29, 0.717) is 10.7 Å². The quantitative estimate of drug-likeness (QED) is 0.799. The first-order chi connectivity index (χ1) is 8.07. The summed E-state index contributed by atoms with van der Waals surface area (Å²) in [6.45, 7) is 0. The van der Waals surface area contributed by atoms with Crippen LogP contribution < -0.4 is 5.73 Å². The molecule has 1 rings (SSSR count). The van der Waals surface area contributed by atoms with Gasteiger partial charge in [0.2, 0.25) is 0 Å². The number of nitrogens with two attached hydrogens (primary N) is 1. The van der Waals surface area contributed by atoms with E-state index in [1.807, 2.05) is 0 Å². The largest absolute Gasteiger partial charge is 0.323 e. The Morgan fingerprint density at radius 3 is 2.39 bits per heavy atom. The summed E-state index contributed by atoms with van der Waals surface area (Å²) in [6.07, 6.45) is 2.56. The maximum atomic E-state index is 11.1. The van der Waals surface area contributed by atoms with Crippen LogP contribution in [0.1, 0.15) is 23.2 Å². The van der Waals surface area contributed by atoms with Crippen LogP contribution in [0.2, 0.25) is 0 Å². The number of rotatable bonds is 6. The molecule has 0 amide bonds. The van der Waals surface area contributed by atoms with Crippen LogP contribution in [0.3, 0.4) is 0 Å². The molecule has 18 heavy (non-hydrogen) atoms.